The first-order valence-electron chi connectivity index (χ1n) is 5.78. The van der Waals surface area contributed by atoms with E-state index in [1.54, 1.807) is 0 Å². The summed E-state index contributed by atoms with van der Waals surface area (Å²) in [5.74, 6) is -3.75. The van der Waals surface area contributed by atoms with Gasteiger partial charge < -0.3 is 10.6 Å². The lowest BCUT2D eigenvalue weighted by molar-refractivity contribution is 0.413. The van der Waals surface area contributed by atoms with Gasteiger partial charge in [0.2, 0.25) is 0 Å². The molecule has 1 unspecified atom stereocenters. The molecule has 1 aliphatic rings. The molecular weight excluding hydrogens is 229 g/mol. The third-order valence-electron chi connectivity index (χ3n) is 2.95. The largest absolute Gasteiger partial charge is 0.383 e. The smallest absolute Gasteiger partial charge is 0.194 e. The van der Waals surface area contributed by atoms with Gasteiger partial charge in [-0.25, -0.2) is 13.2 Å². The normalized spacial score (nSPS) is 20.3. The van der Waals surface area contributed by atoms with Gasteiger partial charge in [-0.15, -0.1) is 0 Å². The zero-order valence-electron chi connectivity index (χ0n) is 9.40. The van der Waals surface area contributed by atoms with Crippen LogP contribution in [0.4, 0.5) is 18.9 Å². The molecule has 17 heavy (non-hydrogen) atoms. The molecule has 94 valence electrons. The molecule has 0 aromatic heterocycles. The van der Waals surface area contributed by atoms with E-state index in [1.807, 2.05) is 0 Å². The second-order valence-electron chi connectivity index (χ2n) is 4.28. The second kappa shape index (κ2) is 5.40. The number of piperidine rings is 1. The fourth-order valence-electron chi connectivity index (χ4n) is 2.00. The van der Waals surface area contributed by atoms with E-state index >= 15 is 0 Å². The van der Waals surface area contributed by atoms with Crippen molar-refractivity contribution in [3.63, 3.8) is 0 Å². The fourth-order valence-corrected chi connectivity index (χ4v) is 2.00. The Bertz CT molecular complexity index is 366. The average Bonchev–Trinajstić information content (AvgIpc) is 2.34. The van der Waals surface area contributed by atoms with Crippen LogP contribution in [0.2, 0.25) is 0 Å². The Kier molecular flexibility index (Phi) is 3.89. The monoisotopic (exact) mass is 244 g/mol. The Hall–Kier alpha value is -1.23. The highest BCUT2D eigenvalue weighted by Gasteiger charge is 2.14. The highest BCUT2D eigenvalue weighted by atomic mass is 19.2. The van der Waals surface area contributed by atoms with Crippen LogP contribution in [0.3, 0.4) is 0 Å². The summed E-state index contributed by atoms with van der Waals surface area (Å²) >= 11 is 0. The van der Waals surface area contributed by atoms with E-state index in [9.17, 15) is 13.2 Å². The number of hydrogen-bond donors (Lipinski definition) is 2. The van der Waals surface area contributed by atoms with Crippen LogP contribution < -0.4 is 10.6 Å². The molecule has 0 bridgehead atoms. The minimum atomic E-state index is -1.42. The van der Waals surface area contributed by atoms with Crippen LogP contribution in [0.5, 0.6) is 0 Å². The van der Waals surface area contributed by atoms with Crippen LogP contribution in [-0.4, -0.2) is 19.1 Å². The van der Waals surface area contributed by atoms with Crippen LogP contribution in [0, 0.1) is 17.5 Å². The van der Waals surface area contributed by atoms with Gasteiger partial charge in [0, 0.05) is 30.4 Å². The van der Waals surface area contributed by atoms with E-state index < -0.39 is 17.5 Å². The summed E-state index contributed by atoms with van der Waals surface area (Å²) in [5, 5.41) is 6.22. The maximum absolute atomic E-state index is 12.9. The van der Waals surface area contributed by atoms with Gasteiger partial charge in [-0.2, -0.15) is 0 Å². The van der Waals surface area contributed by atoms with Crippen molar-refractivity contribution < 1.29 is 13.2 Å². The van der Waals surface area contributed by atoms with Crippen molar-refractivity contribution in [1.82, 2.24) is 5.32 Å². The standard InChI is InChI=1S/C12H15F3N2/c13-10-5-9(6-11(14)12(10)15)17-7-8-3-1-2-4-16-8/h5-6,8,16-17H,1-4,7H2. The lowest BCUT2D eigenvalue weighted by atomic mass is 10.1. The molecule has 1 fully saturated rings. The number of hydrogen-bond acceptors (Lipinski definition) is 2. The molecule has 1 saturated heterocycles. The molecular formula is C12H15F3N2. The first kappa shape index (κ1) is 12.2. The molecule has 0 aliphatic carbocycles. The third kappa shape index (κ3) is 3.12. The Morgan fingerprint density at radius 2 is 1.88 bits per heavy atom. The van der Waals surface area contributed by atoms with Crippen LogP contribution >= 0.6 is 0 Å². The molecule has 0 spiro atoms. The van der Waals surface area contributed by atoms with Crippen molar-refractivity contribution in [2.24, 2.45) is 0 Å². The van der Waals surface area contributed by atoms with E-state index in [0.717, 1.165) is 37.9 Å². The van der Waals surface area contributed by atoms with Crippen molar-refractivity contribution in [2.45, 2.75) is 25.3 Å². The van der Waals surface area contributed by atoms with Gasteiger partial charge in [-0.1, -0.05) is 6.42 Å². The van der Waals surface area contributed by atoms with Gasteiger partial charge in [0.25, 0.3) is 0 Å². The Balaban J connectivity index is 1.94. The van der Waals surface area contributed by atoms with Crippen molar-refractivity contribution >= 4 is 5.69 Å². The first-order chi connectivity index (χ1) is 8.16. The maximum Gasteiger partial charge on any atom is 0.194 e. The SMILES string of the molecule is Fc1cc(NCC2CCCCN2)cc(F)c1F. The molecule has 1 aromatic rings. The van der Waals surface area contributed by atoms with Gasteiger partial charge in [-0.05, 0) is 19.4 Å². The number of anilines is 1. The van der Waals surface area contributed by atoms with Crippen molar-refractivity contribution in [1.29, 1.82) is 0 Å². The van der Waals surface area contributed by atoms with Gasteiger partial charge >= 0.3 is 0 Å². The zero-order valence-corrected chi connectivity index (χ0v) is 9.40. The van der Waals surface area contributed by atoms with Gasteiger partial charge in [0.15, 0.2) is 17.5 Å². The molecule has 2 N–H and O–H groups in total. The maximum atomic E-state index is 12.9. The van der Waals surface area contributed by atoms with Crippen LogP contribution in [0.15, 0.2) is 12.1 Å². The molecule has 0 radical (unpaired) electrons. The van der Waals surface area contributed by atoms with E-state index in [1.165, 1.54) is 0 Å². The molecule has 0 amide bonds. The molecule has 1 aromatic carbocycles. The van der Waals surface area contributed by atoms with Crippen molar-refractivity contribution in [2.75, 3.05) is 18.4 Å². The summed E-state index contributed by atoms with van der Waals surface area (Å²) in [6.45, 7) is 1.56. The number of halogens is 3. The zero-order chi connectivity index (χ0) is 12.3. The fraction of sp³-hybridized carbons (Fsp3) is 0.500. The lowest BCUT2D eigenvalue weighted by Gasteiger charge is -2.24. The highest BCUT2D eigenvalue weighted by molar-refractivity contribution is 5.44. The van der Waals surface area contributed by atoms with Crippen molar-refractivity contribution in [3.8, 4) is 0 Å². The number of rotatable bonds is 3. The average molecular weight is 244 g/mol. The Labute approximate surface area is 98.2 Å². The van der Waals surface area contributed by atoms with E-state index in [-0.39, 0.29) is 5.69 Å². The van der Waals surface area contributed by atoms with Crippen LogP contribution in [0.25, 0.3) is 0 Å². The summed E-state index contributed by atoms with van der Waals surface area (Å²) in [7, 11) is 0. The minimum absolute atomic E-state index is 0.272. The summed E-state index contributed by atoms with van der Waals surface area (Å²) < 4.78 is 38.6. The van der Waals surface area contributed by atoms with Crippen LogP contribution in [0.1, 0.15) is 19.3 Å². The van der Waals surface area contributed by atoms with E-state index in [2.05, 4.69) is 10.6 Å². The van der Waals surface area contributed by atoms with Crippen LogP contribution in [-0.2, 0) is 0 Å². The van der Waals surface area contributed by atoms with E-state index in [4.69, 9.17) is 0 Å². The quantitative estimate of drug-likeness (QED) is 0.799. The second-order valence-corrected chi connectivity index (χ2v) is 4.28. The first-order valence-corrected chi connectivity index (χ1v) is 5.78. The summed E-state index contributed by atoms with van der Waals surface area (Å²) in [5.41, 5.74) is 0.272. The Morgan fingerprint density at radius 1 is 1.18 bits per heavy atom. The molecule has 1 atom stereocenters. The third-order valence-corrected chi connectivity index (χ3v) is 2.95. The van der Waals surface area contributed by atoms with Crippen molar-refractivity contribution in [3.05, 3.63) is 29.6 Å². The number of benzene rings is 1. The molecule has 1 aliphatic heterocycles. The van der Waals surface area contributed by atoms with Gasteiger partial charge in [0.1, 0.15) is 0 Å². The minimum Gasteiger partial charge on any atom is -0.383 e. The summed E-state index contributed by atoms with van der Waals surface area (Å²) in [6, 6.07) is 2.25. The highest BCUT2D eigenvalue weighted by Crippen LogP contribution is 2.17. The molecule has 5 heteroatoms. The van der Waals surface area contributed by atoms with Gasteiger partial charge in [-0.3, -0.25) is 0 Å². The predicted octanol–water partition coefficient (Wildman–Crippen LogP) is 2.66. The molecule has 2 nitrogen and oxygen atoms in total. The lowest BCUT2D eigenvalue weighted by Crippen LogP contribution is -2.39. The topological polar surface area (TPSA) is 24.1 Å². The number of nitrogens with one attached hydrogen (secondary N) is 2. The van der Waals surface area contributed by atoms with Gasteiger partial charge in [0.05, 0.1) is 0 Å². The predicted molar refractivity (Wildman–Crippen MR) is 60.4 cm³/mol. The Morgan fingerprint density at radius 3 is 2.47 bits per heavy atom. The molecule has 1 heterocycles. The van der Waals surface area contributed by atoms with E-state index in [0.29, 0.717) is 12.6 Å². The summed E-state index contributed by atoms with van der Waals surface area (Å²) in [6.07, 6.45) is 3.36. The molecule has 0 saturated carbocycles. The summed E-state index contributed by atoms with van der Waals surface area (Å²) in [4.78, 5) is 0. The molecule has 2 rings (SSSR count).